The van der Waals surface area contributed by atoms with E-state index in [1.807, 2.05) is 4.90 Å². The minimum Gasteiger partial charge on any atom is -0.340 e. The molecule has 3 N–H and O–H groups in total. The van der Waals surface area contributed by atoms with Crippen LogP contribution in [0.4, 0.5) is 17.5 Å². The van der Waals surface area contributed by atoms with Gasteiger partial charge in [-0.05, 0) is 44.4 Å². The van der Waals surface area contributed by atoms with Crippen LogP contribution in [-0.4, -0.2) is 34.4 Å². The predicted octanol–water partition coefficient (Wildman–Crippen LogP) is 2.87. The van der Waals surface area contributed by atoms with Crippen molar-refractivity contribution in [1.82, 2.24) is 9.97 Å². The van der Waals surface area contributed by atoms with E-state index >= 15 is 0 Å². The van der Waals surface area contributed by atoms with Crippen LogP contribution in [0.25, 0.3) is 0 Å². The third-order valence-corrected chi connectivity index (χ3v) is 5.66. The van der Waals surface area contributed by atoms with Crippen LogP contribution in [0.2, 0.25) is 5.02 Å². The van der Waals surface area contributed by atoms with Gasteiger partial charge in [-0.15, -0.1) is 0 Å². The molecule has 2 aliphatic rings. The van der Waals surface area contributed by atoms with Crippen LogP contribution >= 0.6 is 11.6 Å². The number of aromatic nitrogens is 2. The van der Waals surface area contributed by atoms with Crippen molar-refractivity contribution in [3.05, 3.63) is 45.2 Å². The number of nitrogens with zero attached hydrogens (tertiary/aromatic N) is 2. The second-order valence-corrected chi connectivity index (χ2v) is 7.93. The smallest absolute Gasteiger partial charge is 0.258 e. The van der Waals surface area contributed by atoms with E-state index in [1.54, 1.807) is 24.3 Å². The van der Waals surface area contributed by atoms with Gasteiger partial charge in [0.05, 0.1) is 11.5 Å². The molecule has 4 rings (SSSR count). The zero-order valence-corrected chi connectivity index (χ0v) is 16.8. The van der Waals surface area contributed by atoms with E-state index in [0.29, 0.717) is 16.7 Å². The Kier molecular flexibility index (Phi) is 5.27. The van der Waals surface area contributed by atoms with Crippen LogP contribution in [-0.2, 0) is 9.59 Å². The Labute approximate surface area is 172 Å². The highest BCUT2D eigenvalue weighted by Crippen LogP contribution is 2.31. The molecule has 0 spiro atoms. The van der Waals surface area contributed by atoms with Gasteiger partial charge in [0.2, 0.25) is 17.8 Å². The zero-order valence-electron chi connectivity index (χ0n) is 16.0. The number of anilines is 3. The van der Waals surface area contributed by atoms with Gasteiger partial charge >= 0.3 is 0 Å². The van der Waals surface area contributed by atoms with Crippen LogP contribution in [0, 0.1) is 0 Å². The van der Waals surface area contributed by atoms with Crippen LogP contribution in [0.3, 0.4) is 0 Å². The lowest BCUT2D eigenvalue weighted by molar-refractivity contribution is -0.123. The molecule has 1 saturated heterocycles. The summed E-state index contributed by atoms with van der Waals surface area (Å²) in [5, 5.41) is 5.86. The first-order chi connectivity index (χ1) is 13.9. The van der Waals surface area contributed by atoms with Gasteiger partial charge in [0, 0.05) is 29.7 Å². The number of H-pyrrole nitrogens is 1. The van der Waals surface area contributed by atoms with E-state index < -0.39 is 17.4 Å². The fraction of sp³-hybridized carbons (Fsp3) is 0.400. The molecule has 2 amide bonds. The molecule has 8 nitrogen and oxygen atoms in total. The summed E-state index contributed by atoms with van der Waals surface area (Å²) in [5.74, 6) is -1.14. The number of piperidine rings is 1. The van der Waals surface area contributed by atoms with E-state index in [4.69, 9.17) is 11.6 Å². The maximum atomic E-state index is 12.9. The van der Waals surface area contributed by atoms with E-state index in [1.165, 1.54) is 0 Å². The van der Waals surface area contributed by atoms with Crippen molar-refractivity contribution in [2.24, 2.45) is 0 Å². The lowest BCUT2D eigenvalue weighted by atomic mass is 9.92. The molecule has 0 radical (unpaired) electrons. The van der Waals surface area contributed by atoms with Gasteiger partial charge in [-0.3, -0.25) is 19.4 Å². The van der Waals surface area contributed by atoms with E-state index in [0.717, 1.165) is 25.8 Å². The Hall–Kier alpha value is -2.87. The van der Waals surface area contributed by atoms with Gasteiger partial charge < -0.3 is 15.5 Å². The number of hydrogen-bond donors (Lipinski definition) is 3. The van der Waals surface area contributed by atoms with Gasteiger partial charge in [-0.2, -0.15) is 4.98 Å². The van der Waals surface area contributed by atoms with E-state index in [2.05, 4.69) is 27.5 Å². The number of carbonyl (C=O) groups excluding carboxylic acids is 2. The van der Waals surface area contributed by atoms with Crippen LogP contribution in [0.15, 0.2) is 29.1 Å². The number of benzene rings is 1. The first-order valence-electron chi connectivity index (χ1n) is 9.69. The van der Waals surface area contributed by atoms with Gasteiger partial charge in [0.25, 0.3) is 5.56 Å². The number of fused-ring (bicyclic) bond motifs is 1. The van der Waals surface area contributed by atoms with Crippen molar-refractivity contribution in [2.75, 3.05) is 22.1 Å². The summed E-state index contributed by atoms with van der Waals surface area (Å²) in [6.45, 7) is 2.87. The monoisotopic (exact) mass is 415 g/mol. The van der Waals surface area contributed by atoms with Crippen LogP contribution < -0.4 is 21.1 Å². The Morgan fingerprint density at radius 2 is 2.14 bits per heavy atom. The molecule has 0 aliphatic carbocycles. The summed E-state index contributed by atoms with van der Waals surface area (Å²) in [6.07, 6.45) is 3.04. The summed E-state index contributed by atoms with van der Waals surface area (Å²) in [4.78, 5) is 47.3. The van der Waals surface area contributed by atoms with Crippen molar-refractivity contribution >= 4 is 40.9 Å². The Morgan fingerprint density at radius 1 is 1.31 bits per heavy atom. The fourth-order valence-electron chi connectivity index (χ4n) is 3.93. The van der Waals surface area contributed by atoms with Crippen molar-refractivity contribution in [1.29, 1.82) is 0 Å². The van der Waals surface area contributed by atoms with Crippen molar-refractivity contribution in [3.63, 3.8) is 0 Å². The highest BCUT2D eigenvalue weighted by atomic mass is 35.5. The molecule has 1 aromatic carbocycles. The highest BCUT2D eigenvalue weighted by Gasteiger charge is 2.35. The summed E-state index contributed by atoms with van der Waals surface area (Å²) in [7, 11) is 0. The third-order valence-electron chi connectivity index (χ3n) is 5.42. The van der Waals surface area contributed by atoms with Gasteiger partial charge in [0.15, 0.2) is 0 Å². The largest absolute Gasteiger partial charge is 0.340 e. The number of nitrogens with one attached hydrogen (secondary N) is 3. The van der Waals surface area contributed by atoms with Gasteiger partial charge in [0.1, 0.15) is 5.82 Å². The molecule has 29 heavy (non-hydrogen) atoms. The van der Waals surface area contributed by atoms with Crippen molar-refractivity contribution < 1.29 is 9.59 Å². The van der Waals surface area contributed by atoms with E-state index in [-0.39, 0.29) is 29.8 Å². The number of hydrogen-bond acceptors (Lipinski definition) is 5. The second kappa shape index (κ2) is 7.87. The summed E-state index contributed by atoms with van der Waals surface area (Å²) in [5.41, 5.74) is 0.268. The first-order valence-corrected chi connectivity index (χ1v) is 10.1. The SMILES string of the molecule is C[C@@H]1CCCCN1c1nc2c(c(=O)[nH]1)[C@H](C(=O)Nc1cccc(Cl)c1)CC(=O)N2. The Bertz CT molecular complexity index is 1020. The maximum Gasteiger partial charge on any atom is 0.258 e. The molecule has 2 aliphatic heterocycles. The normalized spacial score (nSPS) is 21.3. The maximum absolute atomic E-state index is 12.9. The molecule has 1 fully saturated rings. The number of amides is 2. The lowest BCUT2D eigenvalue weighted by Crippen LogP contribution is -2.41. The topological polar surface area (TPSA) is 107 Å². The quantitative estimate of drug-likeness (QED) is 0.714. The van der Waals surface area contributed by atoms with Gasteiger partial charge in [-0.1, -0.05) is 17.7 Å². The minimum absolute atomic E-state index is 0.121. The van der Waals surface area contributed by atoms with Crippen molar-refractivity contribution in [3.8, 4) is 0 Å². The van der Waals surface area contributed by atoms with Crippen LogP contribution in [0.1, 0.15) is 44.1 Å². The standard InChI is InChI=1S/C20H22ClN5O3/c1-11-5-2-3-8-26(11)20-24-17-16(19(29)25-20)14(10-15(27)23-17)18(28)22-13-7-4-6-12(21)9-13/h4,6-7,9,11,14H,2-3,5,8,10H2,1H3,(H,22,28)(H2,23,24,25,27,29)/t11-,14-/m1/s1. The number of carbonyl (C=O) groups is 2. The molecule has 2 aromatic rings. The number of halogens is 1. The zero-order chi connectivity index (χ0) is 20.5. The number of rotatable bonds is 3. The van der Waals surface area contributed by atoms with Crippen molar-refractivity contribution in [2.45, 2.75) is 44.6 Å². The molecule has 2 atom stereocenters. The summed E-state index contributed by atoms with van der Waals surface area (Å²) in [6, 6.07) is 6.94. The average molecular weight is 416 g/mol. The van der Waals surface area contributed by atoms with E-state index in [9.17, 15) is 14.4 Å². The summed E-state index contributed by atoms with van der Waals surface area (Å²) >= 11 is 5.96. The van der Waals surface area contributed by atoms with Gasteiger partial charge in [-0.25, -0.2) is 0 Å². The second-order valence-electron chi connectivity index (χ2n) is 7.49. The lowest BCUT2D eigenvalue weighted by Gasteiger charge is -2.34. The minimum atomic E-state index is -0.929. The molecule has 0 unspecified atom stereocenters. The number of aromatic amines is 1. The molecular formula is C20H22ClN5O3. The molecular weight excluding hydrogens is 394 g/mol. The van der Waals surface area contributed by atoms with Crippen LogP contribution in [0.5, 0.6) is 0 Å². The molecule has 3 heterocycles. The summed E-state index contributed by atoms with van der Waals surface area (Å²) < 4.78 is 0. The Balaban J connectivity index is 1.66. The molecule has 1 aromatic heterocycles. The molecule has 152 valence electrons. The predicted molar refractivity (Wildman–Crippen MR) is 112 cm³/mol. The third kappa shape index (κ3) is 3.98. The molecule has 9 heteroatoms. The fourth-order valence-corrected chi connectivity index (χ4v) is 4.12. The average Bonchev–Trinajstić information content (AvgIpc) is 2.67. The molecule has 0 saturated carbocycles. The first kappa shape index (κ1) is 19.4. The molecule has 0 bridgehead atoms. The Morgan fingerprint density at radius 3 is 2.90 bits per heavy atom. The highest BCUT2D eigenvalue weighted by molar-refractivity contribution is 6.30.